The van der Waals surface area contributed by atoms with Gasteiger partial charge in [-0.1, -0.05) is 24.3 Å². The number of nitrogens with one attached hydrogen (secondary N) is 1. The zero-order valence-corrected chi connectivity index (χ0v) is 21.1. The molecule has 6 rings (SSSR count). The highest BCUT2D eigenvalue weighted by molar-refractivity contribution is 5.83. The van der Waals surface area contributed by atoms with Crippen LogP contribution >= 0.6 is 0 Å². The number of nitrogens with zero attached hydrogens (tertiary/aromatic N) is 5. The molecular weight excluding hydrogens is 503 g/mol. The minimum Gasteiger partial charge on any atom is -0.497 e. The summed E-state index contributed by atoms with van der Waals surface area (Å²) in [6.07, 6.45) is 0. The fourth-order valence-corrected chi connectivity index (χ4v) is 4.58. The van der Waals surface area contributed by atoms with Crippen LogP contribution < -0.4 is 19.8 Å². The molecule has 0 atom stereocenters. The first-order valence-corrected chi connectivity index (χ1v) is 12.3. The van der Waals surface area contributed by atoms with Crippen LogP contribution in [0.25, 0.3) is 10.9 Å². The van der Waals surface area contributed by atoms with Crippen molar-refractivity contribution in [2.45, 2.75) is 26.2 Å². The lowest BCUT2D eigenvalue weighted by Crippen LogP contribution is -2.28. The predicted molar refractivity (Wildman–Crippen MR) is 140 cm³/mol. The molecule has 0 radical (unpaired) electrons. The molecule has 0 spiro atoms. The number of benzene rings is 3. The van der Waals surface area contributed by atoms with Crippen molar-refractivity contribution in [1.82, 2.24) is 30.1 Å². The van der Waals surface area contributed by atoms with Crippen molar-refractivity contribution >= 4 is 10.9 Å². The van der Waals surface area contributed by atoms with E-state index in [0.29, 0.717) is 54.6 Å². The Hall–Kier alpha value is -4.77. The Morgan fingerprint density at radius 3 is 2.49 bits per heavy atom. The van der Waals surface area contributed by atoms with E-state index in [1.54, 1.807) is 30.0 Å². The maximum absolute atomic E-state index is 13.6. The lowest BCUT2D eigenvalue weighted by atomic mass is 10.1. The third-order valence-electron chi connectivity index (χ3n) is 6.59. The molecule has 1 aliphatic heterocycles. The van der Waals surface area contributed by atoms with Gasteiger partial charge in [-0.3, -0.25) is 9.69 Å². The van der Waals surface area contributed by atoms with Gasteiger partial charge in [-0.2, -0.15) is 0 Å². The van der Waals surface area contributed by atoms with Crippen molar-refractivity contribution in [1.29, 1.82) is 0 Å². The zero-order valence-electron chi connectivity index (χ0n) is 21.1. The van der Waals surface area contributed by atoms with E-state index >= 15 is 0 Å². The third-order valence-corrected chi connectivity index (χ3v) is 6.59. The number of fused-ring (bicyclic) bond motifs is 2. The van der Waals surface area contributed by atoms with Gasteiger partial charge in [0, 0.05) is 30.1 Å². The number of ether oxygens (including phenoxy) is 3. The summed E-state index contributed by atoms with van der Waals surface area (Å²) in [6, 6.07) is 19.5. The molecule has 39 heavy (non-hydrogen) atoms. The van der Waals surface area contributed by atoms with Crippen molar-refractivity contribution < 1.29 is 18.6 Å². The maximum atomic E-state index is 13.6. The highest BCUT2D eigenvalue weighted by Gasteiger charge is 2.18. The summed E-state index contributed by atoms with van der Waals surface area (Å²) in [4.78, 5) is 18.1. The molecule has 0 fully saturated rings. The monoisotopic (exact) mass is 528 g/mol. The molecule has 0 saturated heterocycles. The smallest absolute Gasteiger partial charge is 0.252 e. The standard InChI is InChI=1S/C28H25FN6O4/c1-37-23-8-4-19(5-9-23)14-35-27(31-32-33-35)16-34(13-18-2-6-22(29)7-3-18)15-21-10-20-11-25-26(39-17-38-25)12-24(20)30-28(21)36/h2-12H,13-17H2,1H3,(H,30,36). The maximum Gasteiger partial charge on any atom is 0.252 e. The normalized spacial score (nSPS) is 12.4. The second kappa shape index (κ2) is 10.5. The molecule has 1 N–H and O–H groups in total. The van der Waals surface area contributed by atoms with Crippen molar-refractivity contribution in [2.24, 2.45) is 0 Å². The molecule has 0 saturated carbocycles. The largest absolute Gasteiger partial charge is 0.497 e. The van der Waals surface area contributed by atoms with Crippen LogP contribution in [0.1, 0.15) is 22.5 Å². The molecule has 10 nitrogen and oxygen atoms in total. The van der Waals surface area contributed by atoms with E-state index in [9.17, 15) is 9.18 Å². The zero-order chi connectivity index (χ0) is 26.8. The van der Waals surface area contributed by atoms with E-state index in [4.69, 9.17) is 14.2 Å². The number of halogens is 1. The van der Waals surface area contributed by atoms with Crippen molar-refractivity contribution in [2.75, 3.05) is 13.9 Å². The fraction of sp³-hybridized carbons (Fsp3) is 0.214. The molecular formula is C28H25FN6O4. The summed E-state index contributed by atoms with van der Waals surface area (Å²) in [5.74, 6) is 2.34. The molecule has 0 bridgehead atoms. The van der Waals surface area contributed by atoms with Crippen LogP contribution in [0.4, 0.5) is 4.39 Å². The van der Waals surface area contributed by atoms with Gasteiger partial charge in [0.25, 0.3) is 5.56 Å². The number of aromatic nitrogens is 5. The summed E-state index contributed by atoms with van der Waals surface area (Å²) in [5.41, 5.74) is 2.94. The Morgan fingerprint density at radius 2 is 1.72 bits per heavy atom. The van der Waals surface area contributed by atoms with Gasteiger partial charge < -0.3 is 19.2 Å². The first kappa shape index (κ1) is 24.6. The van der Waals surface area contributed by atoms with Crippen molar-refractivity contribution in [3.05, 3.63) is 105 Å². The lowest BCUT2D eigenvalue weighted by molar-refractivity contribution is 0.174. The Balaban J connectivity index is 1.28. The van der Waals surface area contributed by atoms with E-state index in [-0.39, 0.29) is 18.2 Å². The quantitative estimate of drug-likeness (QED) is 0.309. The number of rotatable bonds is 9. The van der Waals surface area contributed by atoms with Crippen LogP contribution in [0.2, 0.25) is 0 Å². The number of hydrogen-bond donors (Lipinski definition) is 1. The fourth-order valence-electron chi connectivity index (χ4n) is 4.58. The van der Waals surface area contributed by atoms with Gasteiger partial charge in [0.15, 0.2) is 17.3 Å². The summed E-state index contributed by atoms with van der Waals surface area (Å²) >= 11 is 0. The average molecular weight is 529 g/mol. The second-order valence-corrected chi connectivity index (χ2v) is 9.29. The summed E-state index contributed by atoms with van der Waals surface area (Å²) in [5, 5.41) is 13.2. The number of aromatic amines is 1. The topological polar surface area (TPSA) is 107 Å². The van der Waals surface area contributed by atoms with Crippen molar-refractivity contribution in [3.8, 4) is 17.2 Å². The molecule has 11 heteroatoms. The van der Waals surface area contributed by atoms with E-state index < -0.39 is 0 Å². The SMILES string of the molecule is COc1ccc(Cn2nnnc2CN(Cc2ccc(F)cc2)Cc2cc3cc4c(cc3[nH]c2=O)OCO4)cc1. The predicted octanol–water partition coefficient (Wildman–Crippen LogP) is 3.64. The molecule has 3 heterocycles. The van der Waals surface area contributed by atoms with Gasteiger partial charge in [0.2, 0.25) is 6.79 Å². The number of tetrazole rings is 1. The first-order valence-electron chi connectivity index (χ1n) is 12.3. The highest BCUT2D eigenvalue weighted by Crippen LogP contribution is 2.35. The number of H-pyrrole nitrogens is 1. The molecule has 198 valence electrons. The Morgan fingerprint density at radius 1 is 0.974 bits per heavy atom. The van der Waals surface area contributed by atoms with Gasteiger partial charge in [-0.25, -0.2) is 9.07 Å². The minimum absolute atomic E-state index is 0.152. The van der Waals surface area contributed by atoms with E-state index in [0.717, 1.165) is 22.3 Å². The van der Waals surface area contributed by atoms with Crippen LogP contribution in [0, 0.1) is 5.82 Å². The number of hydrogen-bond acceptors (Lipinski definition) is 8. The number of methoxy groups -OCH3 is 1. The minimum atomic E-state index is -0.307. The van der Waals surface area contributed by atoms with Crippen LogP contribution in [-0.4, -0.2) is 44.0 Å². The Bertz CT molecular complexity index is 1670. The van der Waals surface area contributed by atoms with Gasteiger partial charge in [0.1, 0.15) is 11.6 Å². The molecule has 2 aromatic heterocycles. The first-order chi connectivity index (χ1) is 19.0. The van der Waals surface area contributed by atoms with Crippen LogP contribution in [0.5, 0.6) is 17.2 Å². The van der Waals surface area contributed by atoms with E-state index in [1.807, 2.05) is 41.3 Å². The van der Waals surface area contributed by atoms with Crippen LogP contribution in [0.3, 0.4) is 0 Å². The van der Waals surface area contributed by atoms with E-state index in [1.165, 1.54) is 12.1 Å². The Labute approximate surface area is 222 Å². The highest BCUT2D eigenvalue weighted by atomic mass is 19.1. The van der Waals surface area contributed by atoms with Crippen LogP contribution in [-0.2, 0) is 26.2 Å². The lowest BCUT2D eigenvalue weighted by Gasteiger charge is -2.22. The van der Waals surface area contributed by atoms with Crippen LogP contribution in [0.15, 0.2) is 71.5 Å². The van der Waals surface area contributed by atoms with Crippen molar-refractivity contribution in [3.63, 3.8) is 0 Å². The number of pyridine rings is 1. The van der Waals surface area contributed by atoms with Gasteiger partial charge in [-0.05, 0) is 58.0 Å². The second-order valence-electron chi connectivity index (χ2n) is 9.29. The van der Waals surface area contributed by atoms with Gasteiger partial charge in [0.05, 0.1) is 25.7 Å². The average Bonchev–Trinajstić information content (AvgIpc) is 3.58. The summed E-state index contributed by atoms with van der Waals surface area (Å²) in [6.45, 7) is 1.75. The summed E-state index contributed by atoms with van der Waals surface area (Å²) in [7, 11) is 1.62. The molecule has 1 aliphatic rings. The molecule has 0 aliphatic carbocycles. The molecule has 0 unspecified atom stereocenters. The summed E-state index contributed by atoms with van der Waals surface area (Å²) < 4.78 is 31.5. The van der Waals surface area contributed by atoms with Gasteiger partial charge in [-0.15, -0.1) is 5.10 Å². The molecule has 5 aromatic rings. The molecule has 0 amide bonds. The molecule has 3 aromatic carbocycles. The van der Waals surface area contributed by atoms with E-state index in [2.05, 4.69) is 20.5 Å². The van der Waals surface area contributed by atoms with Gasteiger partial charge >= 0.3 is 0 Å². The Kier molecular flexibility index (Phi) is 6.64. The third kappa shape index (κ3) is 5.43.